The van der Waals surface area contributed by atoms with Gasteiger partial charge >= 0.3 is 0 Å². The first kappa shape index (κ1) is 22.4. The number of aromatic nitrogens is 1. The van der Waals surface area contributed by atoms with E-state index in [-0.39, 0.29) is 17.3 Å². The molecule has 1 N–H and O–H groups in total. The Labute approximate surface area is 190 Å². The number of fused-ring (bicyclic) bond motifs is 1. The van der Waals surface area contributed by atoms with Crippen molar-refractivity contribution >= 4 is 53.5 Å². The van der Waals surface area contributed by atoms with Crippen LogP contribution in [0.25, 0.3) is 10.9 Å². The second-order valence-electron chi connectivity index (χ2n) is 6.48. The summed E-state index contributed by atoms with van der Waals surface area (Å²) in [6.07, 6.45) is 1.84. The standard InChI is InChI=1S/C22H17ClN2O2S2.ClH/c1-25-15-21(28-29(26,27)18-7-3-2-4-8-18)22(19-9-5-6-10-20(19)25)24-17-13-11-16(23)12-14-17;/h2-15H,1H3;1H. The molecular weight excluding hydrogens is 459 g/mol. The summed E-state index contributed by atoms with van der Waals surface area (Å²) in [5.41, 5.74) is 2.56. The number of pyridine rings is 1. The highest BCUT2D eigenvalue weighted by atomic mass is 35.5. The summed E-state index contributed by atoms with van der Waals surface area (Å²) < 4.78 is 27.9. The van der Waals surface area contributed by atoms with Gasteiger partial charge in [0.2, 0.25) is 14.4 Å². The molecule has 0 spiro atoms. The van der Waals surface area contributed by atoms with Gasteiger partial charge in [-0.05, 0) is 42.5 Å². The minimum absolute atomic E-state index is 0. The number of benzene rings is 3. The molecule has 1 aromatic heterocycles. The molecule has 0 aliphatic heterocycles. The lowest BCUT2D eigenvalue weighted by Gasteiger charge is -2.14. The summed E-state index contributed by atoms with van der Waals surface area (Å²) in [5.74, 6) is 0. The molecule has 4 rings (SSSR count). The SMILES string of the molecule is C[n+]1cc(SS(=O)(=O)c2ccccc2)c(Nc2ccc(Cl)cc2)c2ccccc21.[Cl-]. The van der Waals surface area contributed by atoms with Crippen LogP contribution in [0.15, 0.2) is 94.9 Å². The zero-order valence-corrected chi connectivity index (χ0v) is 19.1. The highest BCUT2D eigenvalue weighted by molar-refractivity contribution is 8.72. The van der Waals surface area contributed by atoms with Crippen LogP contribution in [-0.4, -0.2) is 8.42 Å². The number of rotatable bonds is 5. The maximum absolute atomic E-state index is 13.0. The quantitative estimate of drug-likeness (QED) is 0.355. The molecule has 0 radical (unpaired) electrons. The Balaban J connectivity index is 0.00000256. The van der Waals surface area contributed by atoms with E-state index < -0.39 is 8.87 Å². The third-order valence-corrected chi connectivity index (χ3v) is 8.04. The van der Waals surface area contributed by atoms with Gasteiger partial charge in [0.25, 0.3) is 0 Å². The van der Waals surface area contributed by atoms with Gasteiger partial charge in [0.05, 0.1) is 16.0 Å². The smallest absolute Gasteiger partial charge is 0.234 e. The Morgan fingerprint density at radius 1 is 0.900 bits per heavy atom. The number of hydrogen-bond donors (Lipinski definition) is 1. The molecule has 4 aromatic rings. The number of hydrogen-bond acceptors (Lipinski definition) is 4. The molecule has 0 amide bonds. The molecule has 3 aromatic carbocycles. The normalized spacial score (nSPS) is 11.1. The molecule has 0 saturated carbocycles. The van der Waals surface area contributed by atoms with E-state index in [1.165, 1.54) is 0 Å². The van der Waals surface area contributed by atoms with Crippen molar-refractivity contribution in [1.82, 2.24) is 0 Å². The number of para-hydroxylation sites is 1. The van der Waals surface area contributed by atoms with Crippen molar-refractivity contribution in [2.75, 3.05) is 5.32 Å². The summed E-state index contributed by atoms with van der Waals surface area (Å²) in [6, 6.07) is 23.7. The summed E-state index contributed by atoms with van der Waals surface area (Å²) >= 11 is 6.00. The van der Waals surface area contributed by atoms with Crippen molar-refractivity contribution in [3.05, 3.63) is 90.1 Å². The molecule has 4 nitrogen and oxygen atoms in total. The maximum Gasteiger partial charge on any atom is 0.234 e. The predicted octanol–water partition coefficient (Wildman–Crippen LogP) is 2.55. The molecule has 0 unspecified atom stereocenters. The molecule has 1 heterocycles. The van der Waals surface area contributed by atoms with Crippen molar-refractivity contribution in [1.29, 1.82) is 0 Å². The fraction of sp³-hybridized carbons (Fsp3) is 0.0455. The van der Waals surface area contributed by atoms with Crippen LogP contribution < -0.4 is 22.3 Å². The first-order chi connectivity index (χ1) is 13.9. The fourth-order valence-corrected chi connectivity index (χ4v) is 6.16. The zero-order chi connectivity index (χ0) is 20.4. The van der Waals surface area contributed by atoms with Crippen LogP contribution in [0.1, 0.15) is 0 Å². The van der Waals surface area contributed by atoms with Gasteiger partial charge < -0.3 is 17.7 Å². The van der Waals surface area contributed by atoms with Gasteiger partial charge in [-0.15, -0.1) is 0 Å². The first-order valence-corrected chi connectivity index (χ1v) is 12.1. The first-order valence-electron chi connectivity index (χ1n) is 8.87. The molecule has 0 fully saturated rings. The summed E-state index contributed by atoms with van der Waals surface area (Å²) in [4.78, 5) is 0.892. The third kappa shape index (κ3) is 4.73. The van der Waals surface area contributed by atoms with Crippen LogP contribution >= 0.6 is 22.4 Å². The highest BCUT2D eigenvalue weighted by Gasteiger charge is 2.24. The lowest BCUT2D eigenvalue weighted by atomic mass is 10.1. The summed E-state index contributed by atoms with van der Waals surface area (Å²) in [6.45, 7) is 0. The summed E-state index contributed by atoms with van der Waals surface area (Å²) in [5, 5.41) is 4.96. The van der Waals surface area contributed by atoms with Gasteiger partial charge in [0.1, 0.15) is 11.9 Å². The van der Waals surface area contributed by atoms with Gasteiger partial charge in [0.15, 0.2) is 6.20 Å². The van der Waals surface area contributed by atoms with E-state index in [1.807, 2.05) is 54.2 Å². The Morgan fingerprint density at radius 3 is 2.23 bits per heavy atom. The number of halogens is 2. The molecule has 0 atom stereocenters. The van der Waals surface area contributed by atoms with Gasteiger partial charge in [0, 0.05) is 27.6 Å². The van der Waals surface area contributed by atoms with Crippen LogP contribution in [0.4, 0.5) is 11.4 Å². The van der Waals surface area contributed by atoms with Crippen molar-refractivity contribution in [2.45, 2.75) is 9.79 Å². The lowest BCUT2D eigenvalue weighted by molar-refractivity contribution is -0.646. The highest BCUT2D eigenvalue weighted by Crippen LogP contribution is 2.39. The molecule has 30 heavy (non-hydrogen) atoms. The van der Waals surface area contributed by atoms with E-state index in [0.29, 0.717) is 9.92 Å². The van der Waals surface area contributed by atoms with Gasteiger partial charge in [-0.25, -0.2) is 8.42 Å². The van der Waals surface area contributed by atoms with Crippen molar-refractivity contribution < 1.29 is 25.4 Å². The van der Waals surface area contributed by atoms with E-state index in [2.05, 4.69) is 5.32 Å². The Kier molecular flexibility index (Phi) is 6.93. The molecule has 8 heteroatoms. The Hall–Kier alpha value is -2.25. The molecule has 0 aliphatic carbocycles. The minimum atomic E-state index is -3.58. The van der Waals surface area contributed by atoms with Gasteiger partial charge in [-0.3, -0.25) is 0 Å². The van der Waals surface area contributed by atoms with Gasteiger partial charge in [-0.2, -0.15) is 4.57 Å². The maximum atomic E-state index is 13.0. The average molecular weight is 477 g/mol. The molecule has 154 valence electrons. The van der Waals surface area contributed by atoms with Crippen LogP contribution in [-0.2, 0) is 15.9 Å². The Bertz CT molecular complexity index is 1280. The van der Waals surface area contributed by atoms with Crippen LogP contribution in [0.2, 0.25) is 5.02 Å². The van der Waals surface area contributed by atoms with Crippen molar-refractivity contribution in [3.8, 4) is 0 Å². The fourth-order valence-electron chi connectivity index (χ4n) is 3.06. The average Bonchev–Trinajstić information content (AvgIpc) is 2.73. The largest absolute Gasteiger partial charge is 1.00 e. The number of anilines is 2. The molecule has 0 aliphatic rings. The molecule has 0 bridgehead atoms. The molecular formula is C22H18Cl2N2O2S2. The van der Waals surface area contributed by atoms with E-state index in [9.17, 15) is 8.42 Å². The zero-order valence-electron chi connectivity index (χ0n) is 15.9. The number of nitrogens with zero attached hydrogens (tertiary/aromatic N) is 1. The van der Waals surface area contributed by atoms with E-state index in [1.54, 1.807) is 42.5 Å². The second kappa shape index (κ2) is 9.27. The molecule has 0 saturated heterocycles. The number of nitrogens with one attached hydrogen (secondary N) is 1. The second-order valence-corrected chi connectivity index (χ2v) is 10.7. The topological polar surface area (TPSA) is 50.0 Å². The van der Waals surface area contributed by atoms with Gasteiger partial charge in [-0.1, -0.05) is 41.9 Å². The Morgan fingerprint density at radius 2 is 1.53 bits per heavy atom. The van der Waals surface area contributed by atoms with Crippen molar-refractivity contribution in [3.63, 3.8) is 0 Å². The van der Waals surface area contributed by atoms with Crippen LogP contribution in [0.5, 0.6) is 0 Å². The van der Waals surface area contributed by atoms with E-state index in [4.69, 9.17) is 11.6 Å². The number of aryl methyl sites for hydroxylation is 1. The predicted molar refractivity (Wildman–Crippen MR) is 119 cm³/mol. The monoisotopic (exact) mass is 476 g/mol. The lowest BCUT2D eigenvalue weighted by Crippen LogP contribution is -3.00. The third-order valence-electron chi connectivity index (χ3n) is 4.46. The summed E-state index contributed by atoms with van der Waals surface area (Å²) in [7, 11) is -0.828. The minimum Gasteiger partial charge on any atom is -1.00 e. The van der Waals surface area contributed by atoms with E-state index >= 15 is 0 Å². The van der Waals surface area contributed by atoms with Crippen molar-refractivity contribution in [2.24, 2.45) is 7.05 Å². The van der Waals surface area contributed by atoms with Crippen LogP contribution in [0.3, 0.4) is 0 Å². The van der Waals surface area contributed by atoms with E-state index in [0.717, 1.165) is 33.1 Å². The van der Waals surface area contributed by atoms with Crippen LogP contribution in [0, 0.1) is 0 Å².